The van der Waals surface area contributed by atoms with E-state index in [1.165, 1.54) is 11.8 Å². The molecule has 1 aromatic rings. The lowest BCUT2D eigenvalue weighted by atomic mass is 9.86. The fourth-order valence-corrected chi connectivity index (χ4v) is 2.24. The molecule has 1 saturated heterocycles. The van der Waals surface area contributed by atoms with Crippen LogP contribution in [0.15, 0.2) is 24.3 Å². The van der Waals surface area contributed by atoms with Gasteiger partial charge in [0.05, 0.1) is 13.1 Å². The fraction of sp³-hybridized carbons (Fsp3) is 0.500. The van der Waals surface area contributed by atoms with E-state index in [9.17, 15) is 14.7 Å². The lowest BCUT2D eigenvalue weighted by molar-refractivity contribution is -0.103. The molecule has 5 heteroatoms. The average Bonchev–Trinajstić information content (AvgIpc) is 2.33. The van der Waals surface area contributed by atoms with Crippen LogP contribution >= 0.6 is 0 Å². The number of Topliss-reactive ketones (excluding diaryl/α,β-unsaturated/α-hetero) is 1. The molecule has 1 aromatic carbocycles. The van der Waals surface area contributed by atoms with Gasteiger partial charge in [-0.2, -0.15) is 0 Å². The highest BCUT2D eigenvalue weighted by Crippen LogP contribution is 2.33. The predicted octanol–water partition coefficient (Wildman–Crippen LogP) is 2.33. The number of carbonyl (C=O) groups excluding carboxylic acids is 2. The van der Waals surface area contributed by atoms with Crippen molar-refractivity contribution in [3.05, 3.63) is 35.4 Å². The van der Waals surface area contributed by atoms with Gasteiger partial charge in [0.1, 0.15) is 11.2 Å². The molecule has 0 saturated carbocycles. The summed E-state index contributed by atoms with van der Waals surface area (Å²) in [7, 11) is 0. The third-order valence-electron chi connectivity index (χ3n) is 3.39. The molecule has 0 unspecified atom stereocenters. The fourth-order valence-electron chi connectivity index (χ4n) is 2.24. The smallest absolute Gasteiger partial charge is 0.410 e. The molecule has 1 amide bonds. The molecule has 21 heavy (non-hydrogen) atoms. The minimum atomic E-state index is -1.06. The van der Waals surface area contributed by atoms with Crippen molar-refractivity contribution in [3.8, 4) is 0 Å². The third-order valence-corrected chi connectivity index (χ3v) is 3.39. The highest BCUT2D eigenvalue weighted by molar-refractivity contribution is 5.94. The first-order valence-corrected chi connectivity index (χ1v) is 6.92. The normalized spacial score (nSPS) is 17.1. The minimum absolute atomic E-state index is 0.0162. The van der Waals surface area contributed by atoms with Crippen LogP contribution in [0.2, 0.25) is 0 Å². The maximum Gasteiger partial charge on any atom is 0.410 e. The Labute approximate surface area is 124 Å². The molecule has 1 aliphatic heterocycles. The van der Waals surface area contributed by atoms with Gasteiger partial charge in [-0.1, -0.05) is 24.3 Å². The average molecular weight is 291 g/mol. The molecule has 114 valence electrons. The summed E-state index contributed by atoms with van der Waals surface area (Å²) in [6.07, 6.45) is -0.424. The number of rotatable bonds is 2. The van der Waals surface area contributed by atoms with E-state index in [0.717, 1.165) is 0 Å². The minimum Gasteiger partial charge on any atom is -0.444 e. The molecule has 1 N–H and O–H groups in total. The standard InChI is InChI=1S/C16H21NO4/c1-11(18)12-5-7-13(8-6-12)16(20)9-17(10-16)14(19)21-15(2,3)4/h5-8,20H,9-10H2,1-4H3. The molecular weight excluding hydrogens is 270 g/mol. The molecule has 0 aliphatic carbocycles. The van der Waals surface area contributed by atoms with E-state index >= 15 is 0 Å². The predicted molar refractivity (Wildman–Crippen MR) is 78.2 cm³/mol. The van der Waals surface area contributed by atoms with Crippen LogP contribution in [0.3, 0.4) is 0 Å². The number of aliphatic hydroxyl groups is 1. The second-order valence-corrected chi connectivity index (χ2v) is 6.50. The van der Waals surface area contributed by atoms with Crippen LogP contribution in [0.1, 0.15) is 43.6 Å². The van der Waals surface area contributed by atoms with Gasteiger partial charge in [0.15, 0.2) is 5.78 Å². The number of ketones is 1. The van der Waals surface area contributed by atoms with Crippen molar-refractivity contribution in [2.24, 2.45) is 0 Å². The number of hydrogen-bond acceptors (Lipinski definition) is 4. The first kappa shape index (κ1) is 15.5. The van der Waals surface area contributed by atoms with Gasteiger partial charge in [-0.15, -0.1) is 0 Å². The summed E-state index contributed by atoms with van der Waals surface area (Å²) < 4.78 is 5.25. The molecule has 0 atom stereocenters. The Morgan fingerprint density at radius 2 is 1.71 bits per heavy atom. The van der Waals surface area contributed by atoms with Crippen LogP contribution in [0.5, 0.6) is 0 Å². The van der Waals surface area contributed by atoms with E-state index in [1.807, 2.05) is 0 Å². The summed E-state index contributed by atoms with van der Waals surface area (Å²) in [6, 6.07) is 6.82. The molecule has 5 nitrogen and oxygen atoms in total. The number of β-amino-alcohol motifs (C(OH)–C–C–N with tert-alkyl or cyclic N) is 1. The second kappa shape index (κ2) is 5.15. The largest absolute Gasteiger partial charge is 0.444 e. The Bertz CT molecular complexity index is 551. The monoisotopic (exact) mass is 291 g/mol. The number of likely N-dealkylation sites (tertiary alicyclic amines) is 1. The SMILES string of the molecule is CC(=O)c1ccc(C2(O)CN(C(=O)OC(C)(C)C)C2)cc1. The van der Waals surface area contributed by atoms with Gasteiger partial charge in [0.2, 0.25) is 0 Å². The summed E-state index contributed by atoms with van der Waals surface area (Å²) >= 11 is 0. The van der Waals surface area contributed by atoms with Crippen molar-refractivity contribution < 1.29 is 19.4 Å². The first-order chi connectivity index (χ1) is 9.61. The van der Waals surface area contributed by atoms with Crippen LogP contribution in [-0.2, 0) is 10.3 Å². The summed E-state index contributed by atoms with van der Waals surface area (Å²) in [5, 5.41) is 10.5. The lowest BCUT2D eigenvalue weighted by Crippen LogP contribution is -2.61. The summed E-state index contributed by atoms with van der Waals surface area (Å²) in [6.45, 7) is 7.30. The van der Waals surface area contributed by atoms with Gasteiger partial charge in [-0.25, -0.2) is 4.79 Å². The van der Waals surface area contributed by atoms with Crippen molar-refractivity contribution in [2.75, 3.05) is 13.1 Å². The Kier molecular flexibility index (Phi) is 3.80. The molecule has 0 bridgehead atoms. The van der Waals surface area contributed by atoms with Gasteiger partial charge in [-0.3, -0.25) is 4.79 Å². The van der Waals surface area contributed by atoms with Crippen LogP contribution in [0.25, 0.3) is 0 Å². The molecule has 1 fully saturated rings. The van der Waals surface area contributed by atoms with E-state index in [1.54, 1.807) is 45.0 Å². The number of ether oxygens (including phenoxy) is 1. The number of carbonyl (C=O) groups is 2. The van der Waals surface area contributed by atoms with Crippen LogP contribution in [0.4, 0.5) is 4.79 Å². The Morgan fingerprint density at radius 1 is 1.19 bits per heavy atom. The zero-order valence-electron chi connectivity index (χ0n) is 12.8. The highest BCUT2D eigenvalue weighted by atomic mass is 16.6. The van der Waals surface area contributed by atoms with Gasteiger partial charge < -0.3 is 14.7 Å². The Morgan fingerprint density at radius 3 is 2.14 bits per heavy atom. The number of nitrogens with zero attached hydrogens (tertiary/aromatic N) is 1. The van der Waals surface area contributed by atoms with E-state index < -0.39 is 17.3 Å². The number of benzene rings is 1. The molecule has 1 heterocycles. The van der Waals surface area contributed by atoms with E-state index in [2.05, 4.69) is 0 Å². The van der Waals surface area contributed by atoms with E-state index in [-0.39, 0.29) is 18.9 Å². The Hall–Kier alpha value is -1.88. The van der Waals surface area contributed by atoms with E-state index in [4.69, 9.17) is 4.74 Å². The number of hydrogen-bond donors (Lipinski definition) is 1. The first-order valence-electron chi connectivity index (χ1n) is 6.92. The van der Waals surface area contributed by atoms with Crippen molar-refractivity contribution in [3.63, 3.8) is 0 Å². The van der Waals surface area contributed by atoms with E-state index in [0.29, 0.717) is 11.1 Å². The zero-order chi connectivity index (χ0) is 15.8. The summed E-state index contributed by atoms with van der Waals surface area (Å²) in [5.74, 6) is -0.0162. The van der Waals surface area contributed by atoms with Crippen LogP contribution < -0.4 is 0 Å². The quantitative estimate of drug-likeness (QED) is 0.849. The van der Waals surface area contributed by atoms with Crippen molar-refractivity contribution in [2.45, 2.75) is 38.9 Å². The van der Waals surface area contributed by atoms with Crippen molar-refractivity contribution in [1.29, 1.82) is 0 Å². The topological polar surface area (TPSA) is 66.8 Å². The molecule has 2 rings (SSSR count). The molecule has 0 radical (unpaired) electrons. The summed E-state index contributed by atoms with van der Waals surface area (Å²) in [4.78, 5) is 24.5. The van der Waals surface area contributed by atoms with Gasteiger partial charge in [0, 0.05) is 5.56 Å². The lowest BCUT2D eigenvalue weighted by Gasteiger charge is -2.46. The maximum atomic E-state index is 11.9. The maximum absolute atomic E-state index is 11.9. The molecule has 0 aromatic heterocycles. The highest BCUT2D eigenvalue weighted by Gasteiger charge is 2.46. The van der Waals surface area contributed by atoms with Gasteiger partial charge in [0.25, 0.3) is 0 Å². The zero-order valence-corrected chi connectivity index (χ0v) is 12.8. The van der Waals surface area contributed by atoms with Crippen molar-refractivity contribution in [1.82, 2.24) is 4.90 Å². The van der Waals surface area contributed by atoms with Crippen LogP contribution in [-0.4, -0.2) is 40.6 Å². The molecular formula is C16H21NO4. The Balaban J connectivity index is 2.01. The van der Waals surface area contributed by atoms with Gasteiger partial charge in [-0.05, 0) is 33.3 Å². The third kappa shape index (κ3) is 3.42. The molecule has 0 spiro atoms. The van der Waals surface area contributed by atoms with Gasteiger partial charge >= 0.3 is 6.09 Å². The second-order valence-electron chi connectivity index (χ2n) is 6.50. The number of amides is 1. The van der Waals surface area contributed by atoms with Crippen molar-refractivity contribution >= 4 is 11.9 Å². The summed E-state index contributed by atoms with van der Waals surface area (Å²) in [5.41, 5.74) is -0.307. The molecule has 1 aliphatic rings. The van der Waals surface area contributed by atoms with Crippen LogP contribution in [0, 0.1) is 0 Å².